The molecule has 2 amide bonds. The highest BCUT2D eigenvalue weighted by atomic mass is 32.2. The van der Waals surface area contributed by atoms with Gasteiger partial charge in [0.15, 0.2) is 5.78 Å². The maximum Gasteiger partial charge on any atom is 0.251 e. The quantitative estimate of drug-likeness (QED) is 0.641. The SMILES string of the molecule is CC1CN(C(=O)C(NC(=O)c2ccc(NS(C)(=O)=O)cc2)C2(C)CCCC2)[C@@H]2C(=O)CO[C@H]12. The fourth-order valence-electron chi connectivity index (χ4n) is 5.41. The van der Waals surface area contributed by atoms with Crippen molar-refractivity contribution in [3.63, 3.8) is 0 Å². The molecule has 4 atom stereocenters. The molecule has 4 rings (SSSR count). The number of carbonyl (C=O) groups is 3. The first-order valence-electron chi connectivity index (χ1n) is 11.3. The molecule has 9 nitrogen and oxygen atoms in total. The van der Waals surface area contributed by atoms with Crippen molar-refractivity contribution in [3.05, 3.63) is 29.8 Å². The van der Waals surface area contributed by atoms with Crippen LogP contribution in [0.5, 0.6) is 0 Å². The van der Waals surface area contributed by atoms with E-state index in [1.807, 2.05) is 13.8 Å². The second-order valence-electron chi connectivity index (χ2n) is 9.87. The van der Waals surface area contributed by atoms with Crippen LogP contribution in [0.4, 0.5) is 5.69 Å². The summed E-state index contributed by atoms with van der Waals surface area (Å²) >= 11 is 0. The Bertz CT molecular complexity index is 1050. The van der Waals surface area contributed by atoms with Crippen molar-refractivity contribution < 1.29 is 27.5 Å². The number of sulfonamides is 1. The van der Waals surface area contributed by atoms with Gasteiger partial charge in [0.2, 0.25) is 15.9 Å². The molecule has 3 fully saturated rings. The van der Waals surface area contributed by atoms with Gasteiger partial charge >= 0.3 is 0 Å². The Kier molecular flexibility index (Phi) is 6.26. The fourth-order valence-corrected chi connectivity index (χ4v) is 5.97. The van der Waals surface area contributed by atoms with Gasteiger partial charge in [-0.05, 0) is 42.5 Å². The molecule has 1 saturated carbocycles. The van der Waals surface area contributed by atoms with Crippen molar-refractivity contribution in [1.82, 2.24) is 10.2 Å². The fraction of sp³-hybridized carbons (Fsp3) is 0.609. The number of rotatable bonds is 6. The molecule has 2 aliphatic heterocycles. The van der Waals surface area contributed by atoms with E-state index in [0.717, 1.165) is 31.9 Å². The lowest BCUT2D eigenvalue weighted by Crippen LogP contribution is -2.57. The predicted molar refractivity (Wildman–Crippen MR) is 122 cm³/mol. The lowest BCUT2D eigenvalue weighted by Gasteiger charge is -2.37. The van der Waals surface area contributed by atoms with E-state index >= 15 is 0 Å². The smallest absolute Gasteiger partial charge is 0.251 e. The van der Waals surface area contributed by atoms with Gasteiger partial charge in [-0.3, -0.25) is 19.1 Å². The third-order valence-electron chi connectivity index (χ3n) is 7.14. The van der Waals surface area contributed by atoms with Gasteiger partial charge in [-0.15, -0.1) is 0 Å². The molecule has 2 heterocycles. The summed E-state index contributed by atoms with van der Waals surface area (Å²) in [6, 6.07) is 4.70. The van der Waals surface area contributed by atoms with Gasteiger partial charge in [0, 0.05) is 23.7 Å². The molecule has 1 aromatic carbocycles. The molecule has 10 heteroatoms. The van der Waals surface area contributed by atoms with E-state index in [2.05, 4.69) is 10.0 Å². The highest BCUT2D eigenvalue weighted by molar-refractivity contribution is 7.92. The molecular weight excluding hydrogens is 446 g/mol. The zero-order valence-electron chi connectivity index (χ0n) is 19.2. The highest BCUT2D eigenvalue weighted by Gasteiger charge is 2.54. The average molecular weight is 478 g/mol. The number of Topliss-reactive ketones (excluding diaryl/α,β-unsaturated/α-hetero) is 1. The van der Waals surface area contributed by atoms with Gasteiger partial charge in [0.05, 0.1) is 12.4 Å². The summed E-state index contributed by atoms with van der Waals surface area (Å²) in [5.41, 5.74) is 0.261. The Labute approximate surface area is 194 Å². The van der Waals surface area contributed by atoms with Crippen LogP contribution in [-0.2, 0) is 24.3 Å². The summed E-state index contributed by atoms with van der Waals surface area (Å²) in [5.74, 6) is -0.687. The van der Waals surface area contributed by atoms with Gasteiger partial charge in [-0.1, -0.05) is 26.7 Å². The third kappa shape index (κ3) is 4.77. The minimum atomic E-state index is -3.42. The Hall–Kier alpha value is -2.46. The summed E-state index contributed by atoms with van der Waals surface area (Å²) in [5, 5.41) is 2.95. The Morgan fingerprint density at radius 1 is 1.18 bits per heavy atom. The minimum absolute atomic E-state index is 0.0195. The summed E-state index contributed by atoms with van der Waals surface area (Å²) in [6.45, 7) is 4.44. The minimum Gasteiger partial charge on any atom is -0.367 e. The van der Waals surface area contributed by atoms with E-state index in [1.165, 1.54) is 24.3 Å². The van der Waals surface area contributed by atoms with Crippen LogP contribution < -0.4 is 10.0 Å². The number of nitrogens with zero attached hydrogens (tertiary/aromatic N) is 1. The second-order valence-corrected chi connectivity index (χ2v) is 11.6. The number of ketones is 1. The zero-order valence-corrected chi connectivity index (χ0v) is 20.0. The molecule has 0 bridgehead atoms. The molecule has 2 unspecified atom stereocenters. The zero-order chi connectivity index (χ0) is 24.0. The number of ether oxygens (including phenoxy) is 1. The first-order chi connectivity index (χ1) is 15.5. The van der Waals surface area contributed by atoms with Crippen LogP contribution >= 0.6 is 0 Å². The first kappa shape index (κ1) is 23.7. The van der Waals surface area contributed by atoms with E-state index in [0.29, 0.717) is 17.8 Å². The van der Waals surface area contributed by atoms with E-state index in [4.69, 9.17) is 4.74 Å². The van der Waals surface area contributed by atoms with Gasteiger partial charge in [0.25, 0.3) is 5.91 Å². The average Bonchev–Trinajstić information content (AvgIpc) is 3.43. The molecule has 2 N–H and O–H groups in total. The normalized spacial score (nSPS) is 27.3. The van der Waals surface area contributed by atoms with E-state index in [-0.39, 0.29) is 30.3 Å². The molecule has 3 aliphatic rings. The molecule has 2 saturated heterocycles. The van der Waals surface area contributed by atoms with Gasteiger partial charge in [0.1, 0.15) is 18.7 Å². The Morgan fingerprint density at radius 3 is 2.42 bits per heavy atom. The van der Waals surface area contributed by atoms with Crippen LogP contribution in [0.2, 0.25) is 0 Å². The number of amides is 2. The number of benzene rings is 1. The van der Waals surface area contributed by atoms with Crippen LogP contribution in [0.15, 0.2) is 24.3 Å². The third-order valence-corrected chi connectivity index (χ3v) is 7.75. The van der Waals surface area contributed by atoms with Crippen LogP contribution in [0.1, 0.15) is 49.9 Å². The van der Waals surface area contributed by atoms with Crippen molar-refractivity contribution in [1.29, 1.82) is 0 Å². The number of likely N-dealkylation sites (tertiary alicyclic amines) is 1. The van der Waals surface area contributed by atoms with Gasteiger partial charge in [-0.2, -0.15) is 0 Å². The first-order valence-corrected chi connectivity index (χ1v) is 13.2. The standard InChI is InChI=1S/C23H31N3O6S/c1-14-12-26(18-17(27)13-32-19(14)18)22(29)20(23(2)10-4-5-11-23)24-21(28)15-6-8-16(9-7-15)25-33(3,30)31/h6-9,14,18-20,25H,4-5,10-13H2,1-3H3,(H,24,28)/t14?,18-,19-,20?/m1/s1. The summed E-state index contributed by atoms with van der Waals surface area (Å²) < 4.78 is 30.8. The Balaban J connectivity index is 1.56. The van der Waals surface area contributed by atoms with E-state index in [9.17, 15) is 22.8 Å². The Morgan fingerprint density at radius 2 is 1.82 bits per heavy atom. The lowest BCUT2D eigenvalue weighted by molar-refractivity contribution is -0.140. The monoisotopic (exact) mass is 477 g/mol. The second kappa shape index (κ2) is 8.72. The number of hydrogen-bond donors (Lipinski definition) is 2. The highest BCUT2D eigenvalue weighted by Crippen LogP contribution is 2.42. The van der Waals surface area contributed by atoms with Crippen molar-refractivity contribution in [2.24, 2.45) is 11.3 Å². The van der Waals surface area contributed by atoms with Crippen molar-refractivity contribution in [2.45, 2.75) is 57.7 Å². The van der Waals surface area contributed by atoms with Gasteiger partial charge in [-0.25, -0.2) is 8.42 Å². The summed E-state index contributed by atoms with van der Waals surface area (Å²) in [7, 11) is -3.42. The summed E-state index contributed by atoms with van der Waals surface area (Å²) in [6.07, 6.45) is 4.34. The molecule has 1 aromatic rings. The molecule has 33 heavy (non-hydrogen) atoms. The number of fused-ring (bicyclic) bond motifs is 1. The molecule has 1 aliphatic carbocycles. The van der Waals surface area contributed by atoms with Crippen LogP contribution in [0.3, 0.4) is 0 Å². The number of nitrogens with one attached hydrogen (secondary N) is 2. The van der Waals surface area contributed by atoms with E-state index < -0.39 is 33.4 Å². The number of carbonyl (C=O) groups excluding carboxylic acids is 3. The summed E-state index contributed by atoms with van der Waals surface area (Å²) in [4.78, 5) is 41.0. The van der Waals surface area contributed by atoms with E-state index in [1.54, 1.807) is 4.90 Å². The van der Waals surface area contributed by atoms with Crippen LogP contribution in [0.25, 0.3) is 0 Å². The number of hydrogen-bond acceptors (Lipinski definition) is 6. The lowest BCUT2D eigenvalue weighted by atomic mass is 9.79. The van der Waals surface area contributed by atoms with Crippen molar-refractivity contribution in [2.75, 3.05) is 24.1 Å². The van der Waals surface area contributed by atoms with Crippen molar-refractivity contribution >= 4 is 33.3 Å². The van der Waals surface area contributed by atoms with Crippen LogP contribution in [-0.4, -0.2) is 68.5 Å². The number of anilines is 1. The van der Waals surface area contributed by atoms with Gasteiger partial charge < -0.3 is 15.0 Å². The topological polar surface area (TPSA) is 122 Å². The maximum atomic E-state index is 13.8. The maximum absolute atomic E-state index is 13.8. The molecule has 0 radical (unpaired) electrons. The molecule has 0 aromatic heterocycles. The molecule has 0 spiro atoms. The van der Waals surface area contributed by atoms with Crippen molar-refractivity contribution in [3.8, 4) is 0 Å². The molecule has 180 valence electrons. The largest absolute Gasteiger partial charge is 0.367 e. The van der Waals surface area contributed by atoms with Crippen LogP contribution in [0, 0.1) is 11.3 Å². The molecular formula is C23H31N3O6S. The predicted octanol–water partition coefficient (Wildman–Crippen LogP) is 1.55.